The van der Waals surface area contributed by atoms with Crippen molar-refractivity contribution in [3.63, 3.8) is 0 Å². The second-order valence-electron chi connectivity index (χ2n) is 7.00. The van der Waals surface area contributed by atoms with Gasteiger partial charge in [-0.25, -0.2) is 0 Å². The number of carbonyl (C=O) groups excluding carboxylic acids is 1. The number of H-pyrrole nitrogens is 1. The van der Waals surface area contributed by atoms with Gasteiger partial charge in [0.15, 0.2) is 0 Å². The average Bonchev–Trinajstić information content (AvgIpc) is 3.08. The minimum Gasteiger partial charge on any atom is -0.462 e. The molecule has 1 aliphatic heterocycles. The van der Waals surface area contributed by atoms with Crippen molar-refractivity contribution in [2.45, 2.75) is 13.8 Å². The largest absolute Gasteiger partial charge is 0.462 e. The van der Waals surface area contributed by atoms with Crippen LogP contribution in [0.3, 0.4) is 0 Å². The summed E-state index contributed by atoms with van der Waals surface area (Å²) in [5, 5.41) is 3.01. The lowest BCUT2D eigenvalue weighted by molar-refractivity contribution is -0.116. The van der Waals surface area contributed by atoms with Gasteiger partial charge in [0.05, 0.1) is 0 Å². The molecule has 2 aromatic rings. The van der Waals surface area contributed by atoms with E-state index in [0.29, 0.717) is 22.8 Å². The highest BCUT2D eigenvalue weighted by Crippen LogP contribution is 2.27. The summed E-state index contributed by atoms with van der Waals surface area (Å²) in [6.45, 7) is 7.51. The molecule has 2 N–H and O–H groups in total. The lowest BCUT2D eigenvalue weighted by Crippen LogP contribution is -2.25. The molecule has 1 aromatic heterocycles. The zero-order valence-corrected chi connectivity index (χ0v) is 16.5. The SMILES string of the molecule is C=C1C=C(C(=O)NC2=Cc3cc(-c4ccccc4)[nH]c3C=CC=C2)C(C)=C(C)O1. The maximum atomic E-state index is 12.9. The van der Waals surface area contributed by atoms with Crippen LogP contribution < -0.4 is 5.32 Å². The van der Waals surface area contributed by atoms with Gasteiger partial charge >= 0.3 is 0 Å². The molecule has 144 valence electrons. The second-order valence-corrected chi connectivity index (χ2v) is 7.00. The molecule has 4 heteroatoms. The summed E-state index contributed by atoms with van der Waals surface area (Å²) in [4.78, 5) is 16.3. The van der Waals surface area contributed by atoms with Crippen LogP contribution in [0, 0.1) is 0 Å². The van der Waals surface area contributed by atoms with Crippen LogP contribution in [0.25, 0.3) is 23.4 Å². The smallest absolute Gasteiger partial charge is 0.256 e. The van der Waals surface area contributed by atoms with Crippen LogP contribution in [0.2, 0.25) is 0 Å². The Morgan fingerprint density at radius 3 is 2.62 bits per heavy atom. The highest BCUT2D eigenvalue weighted by atomic mass is 16.5. The molecule has 0 saturated heterocycles. The molecule has 0 bridgehead atoms. The molecule has 1 aromatic carbocycles. The van der Waals surface area contributed by atoms with Crippen molar-refractivity contribution in [2.75, 3.05) is 0 Å². The first-order valence-electron chi connectivity index (χ1n) is 9.44. The van der Waals surface area contributed by atoms with Crippen molar-refractivity contribution in [3.8, 4) is 11.3 Å². The predicted molar refractivity (Wildman–Crippen MR) is 117 cm³/mol. The number of nitrogens with one attached hydrogen (secondary N) is 2. The Bertz CT molecular complexity index is 1140. The third kappa shape index (κ3) is 3.92. The lowest BCUT2D eigenvalue weighted by Gasteiger charge is -2.19. The first-order valence-corrected chi connectivity index (χ1v) is 9.44. The van der Waals surface area contributed by atoms with E-state index in [1.54, 1.807) is 6.08 Å². The van der Waals surface area contributed by atoms with Crippen molar-refractivity contribution < 1.29 is 9.53 Å². The fourth-order valence-electron chi connectivity index (χ4n) is 3.32. The van der Waals surface area contributed by atoms with Gasteiger partial charge < -0.3 is 15.0 Å². The Morgan fingerprint density at radius 2 is 1.83 bits per heavy atom. The van der Waals surface area contributed by atoms with E-state index in [9.17, 15) is 4.79 Å². The summed E-state index contributed by atoms with van der Waals surface area (Å²) in [5.41, 5.74) is 6.22. The number of carbonyl (C=O) groups is 1. The summed E-state index contributed by atoms with van der Waals surface area (Å²) in [6.07, 6.45) is 11.4. The average molecular weight is 382 g/mol. The van der Waals surface area contributed by atoms with Crippen molar-refractivity contribution in [1.82, 2.24) is 10.3 Å². The van der Waals surface area contributed by atoms with E-state index in [2.05, 4.69) is 35.1 Å². The number of rotatable bonds is 3. The molecule has 1 aliphatic carbocycles. The van der Waals surface area contributed by atoms with Gasteiger partial charge in [0.1, 0.15) is 11.5 Å². The van der Waals surface area contributed by atoms with Gasteiger partial charge in [-0.1, -0.05) is 49.1 Å². The van der Waals surface area contributed by atoms with Crippen LogP contribution in [-0.2, 0) is 9.53 Å². The number of amides is 1. The van der Waals surface area contributed by atoms with E-state index in [1.165, 1.54) is 0 Å². The van der Waals surface area contributed by atoms with Gasteiger partial charge in [-0.15, -0.1) is 0 Å². The van der Waals surface area contributed by atoms with E-state index in [1.807, 2.05) is 62.4 Å². The van der Waals surface area contributed by atoms with Gasteiger partial charge in [-0.2, -0.15) is 0 Å². The van der Waals surface area contributed by atoms with E-state index >= 15 is 0 Å². The number of aromatic nitrogens is 1. The number of fused-ring (bicyclic) bond motifs is 1. The second kappa shape index (κ2) is 7.68. The minimum atomic E-state index is -0.188. The van der Waals surface area contributed by atoms with Crippen LogP contribution in [0.5, 0.6) is 0 Å². The fraction of sp³-hybridized carbons (Fsp3) is 0.0800. The first kappa shape index (κ1) is 18.6. The van der Waals surface area contributed by atoms with Crippen molar-refractivity contribution >= 4 is 18.1 Å². The standard InChI is InChI=1S/C25H22N2O2/c1-16-13-22(17(2)18(3)29-16)25(28)26-21-11-7-8-12-23-20(14-21)15-24(27-23)19-9-5-4-6-10-19/h4-15,27H,1H2,2-3H3,(H,26,28). The first-order chi connectivity index (χ1) is 14.0. The highest BCUT2D eigenvalue weighted by molar-refractivity contribution is 6.00. The molecule has 0 radical (unpaired) electrons. The van der Waals surface area contributed by atoms with Crippen molar-refractivity contribution in [2.24, 2.45) is 0 Å². The Morgan fingerprint density at radius 1 is 1.07 bits per heavy atom. The quantitative estimate of drug-likeness (QED) is 0.738. The number of hydrogen-bond acceptors (Lipinski definition) is 2. The summed E-state index contributed by atoms with van der Waals surface area (Å²) in [7, 11) is 0. The normalized spacial score (nSPS) is 15.7. The molecule has 4 nitrogen and oxygen atoms in total. The van der Waals surface area contributed by atoms with Crippen LogP contribution >= 0.6 is 0 Å². The van der Waals surface area contributed by atoms with Gasteiger partial charge in [0.2, 0.25) is 0 Å². The van der Waals surface area contributed by atoms with Gasteiger partial charge in [0.25, 0.3) is 5.91 Å². The molecular formula is C25H22N2O2. The predicted octanol–water partition coefficient (Wildman–Crippen LogP) is 5.49. The van der Waals surface area contributed by atoms with Crippen molar-refractivity contribution in [1.29, 1.82) is 0 Å². The zero-order valence-electron chi connectivity index (χ0n) is 16.5. The number of hydrogen-bond donors (Lipinski definition) is 2. The monoisotopic (exact) mass is 382 g/mol. The molecule has 2 aliphatic rings. The highest BCUT2D eigenvalue weighted by Gasteiger charge is 2.20. The van der Waals surface area contributed by atoms with E-state index in [4.69, 9.17) is 4.74 Å². The molecular weight excluding hydrogens is 360 g/mol. The third-order valence-corrected chi connectivity index (χ3v) is 4.95. The molecule has 0 spiro atoms. The fourth-order valence-corrected chi connectivity index (χ4v) is 3.32. The minimum absolute atomic E-state index is 0.188. The van der Waals surface area contributed by atoms with E-state index in [0.717, 1.165) is 28.1 Å². The van der Waals surface area contributed by atoms with Crippen LogP contribution in [0.4, 0.5) is 0 Å². The molecule has 0 unspecified atom stereocenters. The van der Waals surface area contributed by atoms with Crippen LogP contribution in [0.1, 0.15) is 25.1 Å². The Balaban J connectivity index is 1.64. The maximum absolute atomic E-state index is 12.9. The summed E-state index contributed by atoms with van der Waals surface area (Å²) in [5.74, 6) is 0.962. The van der Waals surface area contributed by atoms with Gasteiger partial charge in [-0.05, 0) is 55.4 Å². The van der Waals surface area contributed by atoms with Crippen molar-refractivity contribution in [3.05, 3.63) is 107 Å². The zero-order chi connectivity index (χ0) is 20.4. The Kier molecular flexibility index (Phi) is 4.92. The van der Waals surface area contributed by atoms with Crippen LogP contribution in [-0.4, -0.2) is 10.9 Å². The molecule has 29 heavy (non-hydrogen) atoms. The van der Waals surface area contributed by atoms with Gasteiger partial charge in [-0.3, -0.25) is 4.79 Å². The number of allylic oxidation sites excluding steroid dienone is 5. The summed E-state index contributed by atoms with van der Waals surface area (Å²) in [6, 6.07) is 12.2. The molecule has 0 saturated carbocycles. The lowest BCUT2D eigenvalue weighted by atomic mass is 10.0. The summed E-state index contributed by atoms with van der Waals surface area (Å²) < 4.78 is 5.48. The number of aromatic amines is 1. The Hall–Kier alpha value is -3.79. The number of benzene rings is 1. The van der Waals surface area contributed by atoms with Gasteiger partial charge in [0, 0.05) is 28.2 Å². The molecule has 4 rings (SSSR count). The Labute approximate surface area is 170 Å². The molecule has 0 fully saturated rings. The molecule has 1 amide bonds. The summed E-state index contributed by atoms with van der Waals surface area (Å²) >= 11 is 0. The van der Waals surface area contributed by atoms with E-state index < -0.39 is 0 Å². The maximum Gasteiger partial charge on any atom is 0.256 e. The molecule has 0 atom stereocenters. The van der Waals surface area contributed by atoms with Crippen LogP contribution in [0.15, 0.2) is 95.6 Å². The third-order valence-electron chi connectivity index (χ3n) is 4.95. The molecule has 2 heterocycles. The number of ether oxygens (including phenoxy) is 1. The van der Waals surface area contributed by atoms with E-state index in [-0.39, 0.29) is 5.91 Å². The topological polar surface area (TPSA) is 54.1 Å².